The number of hydrogen-bond acceptors (Lipinski definition) is 6. The average molecular weight is 301 g/mol. The van der Waals surface area contributed by atoms with E-state index in [9.17, 15) is 9.36 Å². The summed E-state index contributed by atoms with van der Waals surface area (Å²) in [6.07, 6.45) is 0.686. The van der Waals surface area contributed by atoms with Crippen molar-refractivity contribution >= 4 is 13.9 Å². The fraction of sp³-hybridized carbons (Fsp3) is 0.462. The van der Waals surface area contributed by atoms with E-state index in [1.165, 1.54) is 13.0 Å². The molecule has 0 aliphatic rings. The van der Waals surface area contributed by atoms with Crippen molar-refractivity contribution in [1.82, 2.24) is 0 Å². The van der Waals surface area contributed by atoms with Gasteiger partial charge in [0.25, 0.3) is 5.47 Å². The van der Waals surface area contributed by atoms with E-state index in [0.29, 0.717) is 17.6 Å². The van der Waals surface area contributed by atoms with Crippen molar-refractivity contribution in [3.05, 3.63) is 29.8 Å². The monoisotopic (exact) mass is 301 g/mol. The molecule has 0 aliphatic heterocycles. The van der Waals surface area contributed by atoms with Gasteiger partial charge in [0, 0.05) is 12.5 Å². The maximum Gasteiger partial charge on any atom is 0.388 e. The Morgan fingerprint density at radius 3 is 2.40 bits per heavy atom. The average Bonchev–Trinajstić information content (AvgIpc) is 2.39. The Morgan fingerprint density at radius 1 is 1.30 bits per heavy atom. The van der Waals surface area contributed by atoms with Crippen LogP contribution >= 0.6 is 7.60 Å². The molecule has 6 nitrogen and oxygen atoms in total. The number of rotatable bonds is 8. The molecule has 7 heteroatoms. The highest BCUT2D eigenvalue weighted by molar-refractivity contribution is 7.55. The van der Waals surface area contributed by atoms with E-state index in [0.717, 1.165) is 0 Å². The summed E-state index contributed by atoms with van der Waals surface area (Å²) < 4.78 is 28.5. The van der Waals surface area contributed by atoms with Crippen LogP contribution in [0.25, 0.3) is 0 Å². The molecule has 1 rings (SSSR count). The summed E-state index contributed by atoms with van der Waals surface area (Å²) in [5.74, 6) is 0.319. The zero-order chi connectivity index (χ0) is 15.2. The van der Waals surface area contributed by atoms with Crippen molar-refractivity contribution in [1.29, 1.82) is 0 Å². The molecule has 0 bridgehead atoms. The predicted molar refractivity (Wildman–Crippen MR) is 75.9 cm³/mol. The van der Waals surface area contributed by atoms with Crippen LogP contribution in [-0.2, 0) is 13.6 Å². The van der Waals surface area contributed by atoms with E-state index in [2.05, 4.69) is 0 Å². The van der Waals surface area contributed by atoms with Gasteiger partial charge in [-0.05, 0) is 26.0 Å². The SMILES string of the molecule is CCOP(=O)(OCC)[C@@](C)(N)Oc1cccc(C=O)c1. The van der Waals surface area contributed by atoms with E-state index in [1.807, 2.05) is 0 Å². The van der Waals surface area contributed by atoms with E-state index >= 15 is 0 Å². The molecule has 0 aromatic heterocycles. The van der Waals surface area contributed by atoms with Crippen LogP contribution in [0.1, 0.15) is 31.1 Å². The zero-order valence-electron chi connectivity index (χ0n) is 11.9. The molecular formula is C13H20NO5P. The van der Waals surface area contributed by atoms with Gasteiger partial charge in [0.15, 0.2) is 0 Å². The molecule has 0 heterocycles. The van der Waals surface area contributed by atoms with E-state index in [1.54, 1.807) is 32.0 Å². The minimum absolute atomic E-state index is 0.182. The fourth-order valence-electron chi connectivity index (χ4n) is 1.58. The third-order valence-corrected chi connectivity index (χ3v) is 4.84. The molecule has 0 unspecified atom stereocenters. The van der Waals surface area contributed by atoms with E-state index in [-0.39, 0.29) is 13.2 Å². The summed E-state index contributed by atoms with van der Waals surface area (Å²) in [7, 11) is -3.64. The van der Waals surface area contributed by atoms with Gasteiger partial charge in [-0.25, -0.2) is 0 Å². The Balaban J connectivity index is 3.01. The van der Waals surface area contributed by atoms with Crippen molar-refractivity contribution in [3.8, 4) is 5.75 Å². The molecule has 1 aromatic rings. The van der Waals surface area contributed by atoms with Gasteiger partial charge in [0.1, 0.15) is 12.0 Å². The molecule has 1 aromatic carbocycles. The first-order chi connectivity index (χ1) is 9.38. The first-order valence-corrected chi connectivity index (χ1v) is 7.85. The van der Waals surface area contributed by atoms with Gasteiger partial charge < -0.3 is 13.8 Å². The van der Waals surface area contributed by atoms with E-state index < -0.39 is 13.1 Å². The van der Waals surface area contributed by atoms with E-state index in [4.69, 9.17) is 19.5 Å². The summed E-state index contributed by atoms with van der Waals surface area (Å²) >= 11 is 0. The summed E-state index contributed by atoms with van der Waals surface area (Å²) in [6.45, 7) is 5.17. The van der Waals surface area contributed by atoms with Gasteiger partial charge in [0.05, 0.1) is 13.2 Å². The second-order valence-corrected chi connectivity index (χ2v) is 6.58. The first-order valence-electron chi connectivity index (χ1n) is 6.31. The molecule has 20 heavy (non-hydrogen) atoms. The Bertz CT molecular complexity index is 493. The van der Waals surface area contributed by atoms with Crippen LogP contribution in [0.5, 0.6) is 5.75 Å². The maximum atomic E-state index is 12.6. The third-order valence-electron chi connectivity index (χ3n) is 2.46. The van der Waals surface area contributed by atoms with Gasteiger partial charge in [-0.2, -0.15) is 0 Å². The van der Waals surface area contributed by atoms with Crippen LogP contribution in [0.4, 0.5) is 0 Å². The fourth-order valence-corrected chi connectivity index (χ4v) is 3.06. The number of benzene rings is 1. The quantitative estimate of drug-likeness (QED) is 0.451. The second-order valence-electron chi connectivity index (χ2n) is 4.18. The van der Waals surface area contributed by atoms with Gasteiger partial charge in [-0.3, -0.25) is 15.1 Å². The Hall–Kier alpha value is -1.20. The molecule has 0 amide bonds. The number of carbonyl (C=O) groups is 1. The Morgan fingerprint density at radius 2 is 1.90 bits per heavy atom. The molecule has 0 spiro atoms. The van der Waals surface area contributed by atoms with Crippen LogP contribution in [-0.4, -0.2) is 25.0 Å². The first kappa shape index (κ1) is 16.9. The van der Waals surface area contributed by atoms with Crippen LogP contribution in [0, 0.1) is 0 Å². The lowest BCUT2D eigenvalue weighted by Crippen LogP contribution is -2.43. The standard InChI is InChI=1S/C13H20NO5P/c1-4-17-20(16,18-5-2)13(3,14)19-12-8-6-7-11(9-12)10-15/h6-10H,4-5,14H2,1-3H3/t13-/m0/s1. The smallest absolute Gasteiger partial charge is 0.388 e. The number of hydrogen-bond donors (Lipinski definition) is 1. The lowest BCUT2D eigenvalue weighted by atomic mass is 10.2. The van der Waals surface area contributed by atoms with Crippen molar-refractivity contribution < 1.29 is 23.1 Å². The van der Waals surface area contributed by atoms with Gasteiger partial charge in [0.2, 0.25) is 0 Å². The molecule has 0 saturated heterocycles. The minimum Gasteiger partial charge on any atom is -0.461 e. The summed E-state index contributed by atoms with van der Waals surface area (Å²) in [4.78, 5) is 10.7. The van der Waals surface area contributed by atoms with Crippen LogP contribution in [0.3, 0.4) is 0 Å². The summed E-state index contributed by atoms with van der Waals surface area (Å²) in [5.41, 5.74) is 4.75. The molecule has 0 aliphatic carbocycles. The maximum absolute atomic E-state index is 12.6. The lowest BCUT2D eigenvalue weighted by Gasteiger charge is -2.32. The molecule has 112 valence electrons. The van der Waals surface area contributed by atoms with Crippen LogP contribution in [0.2, 0.25) is 0 Å². The molecule has 2 N–H and O–H groups in total. The molecule has 0 radical (unpaired) electrons. The molecular weight excluding hydrogens is 281 g/mol. The van der Waals surface area contributed by atoms with Crippen molar-refractivity contribution in [3.63, 3.8) is 0 Å². The normalized spacial score (nSPS) is 14.6. The predicted octanol–water partition coefficient (Wildman–Crippen LogP) is 2.78. The molecule has 1 atom stereocenters. The second kappa shape index (κ2) is 6.99. The van der Waals surface area contributed by atoms with Crippen LogP contribution in [0.15, 0.2) is 24.3 Å². The number of carbonyl (C=O) groups excluding carboxylic acids is 1. The van der Waals surface area contributed by atoms with Gasteiger partial charge >= 0.3 is 7.60 Å². The number of ether oxygens (including phenoxy) is 1. The topological polar surface area (TPSA) is 87.8 Å². The highest BCUT2D eigenvalue weighted by Gasteiger charge is 2.46. The van der Waals surface area contributed by atoms with Crippen LogP contribution < -0.4 is 10.5 Å². The lowest BCUT2D eigenvalue weighted by molar-refractivity contribution is 0.105. The highest BCUT2D eigenvalue weighted by atomic mass is 31.2. The van der Waals surface area contributed by atoms with Gasteiger partial charge in [-0.15, -0.1) is 0 Å². The summed E-state index contributed by atoms with van der Waals surface area (Å²) in [5, 5.41) is 0. The highest BCUT2D eigenvalue weighted by Crippen LogP contribution is 2.57. The van der Waals surface area contributed by atoms with Crippen molar-refractivity contribution in [2.45, 2.75) is 26.2 Å². The van der Waals surface area contributed by atoms with Crippen molar-refractivity contribution in [2.24, 2.45) is 5.73 Å². The largest absolute Gasteiger partial charge is 0.461 e. The summed E-state index contributed by atoms with van der Waals surface area (Å²) in [6, 6.07) is 6.38. The molecule has 0 saturated carbocycles. The minimum atomic E-state index is -3.64. The molecule has 0 fully saturated rings. The number of nitrogens with two attached hydrogens (primary N) is 1. The number of aldehydes is 1. The van der Waals surface area contributed by atoms with Crippen molar-refractivity contribution in [2.75, 3.05) is 13.2 Å². The Labute approximate surface area is 118 Å². The zero-order valence-corrected chi connectivity index (χ0v) is 12.8. The third kappa shape index (κ3) is 3.90. The Kier molecular flexibility index (Phi) is 5.89. The van der Waals surface area contributed by atoms with Gasteiger partial charge in [-0.1, -0.05) is 12.1 Å².